The molecule has 0 aliphatic heterocycles. The van der Waals surface area contributed by atoms with Gasteiger partial charge < -0.3 is 5.11 Å². The summed E-state index contributed by atoms with van der Waals surface area (Å²) in [5.74, 6) is 0. The second kappa shape index (κ2) is 6.72. The maximum atomic E-state index is 9.82. The van der Waals surface area contributed by atoms with Crippen LogP contribution in [0.15, 0.2) is 65.7 Å². The quantitative estimate of drug-likeness (QED) is 0.797. The summed E-state index contributed by atoms with van der Waals surface area (Å²) >= 11 is 0. The molecule has 0 saturated carbocycles. The van der Waals surface area contributed by atoms with Crippen LogP contribution in [-0.2, 0) is 6.42 Å². The van der Waals surface area contributed by atoms with Crippen LogP contribution in [0.25, 0.3) is 0 Å². The molecule has 2 nitrogen and oxygen atoms in total. The van der Waals surface area contributed by atoms with Gasteiger partial charge in [-0.1, -0.05) is 60.7 Å². The van der Waals surface area contributed by atoms with Crippen LogP contribution in [0.2, 0.25) is 0 Å². The first-order chi connectivity index (χ1) is 8.86. The van der Waals surface area contributed by atoms with Gasteiger partial charge in [-0.15, -0.1) is 0 Å². The summed E-state index contributed by atoms with van der Waals surface area (Å²) in [6.07, 6.45) is 2.84. The molecule has 0 aliphatic carbocycles. The topological polar surface area (TPSA) is 32.6 Å². The van der Waals surface area contributed by atoms with Crippen molar-refractivity contribution in [2.24, 2.45) is 4.99 Å². The number of aliphatic imine (C=N–C) groups is 1. The zero-order valence-electron chi connectivity index (χ0n) is 10.2. The summed E-state index contributed by atoms with van der Waals surface area (Å²) in [4.78, 5) is 4.14. The molecule has 0 amide bonds. The highest BCUT2D eigenvalue weighted by atomic mass is 16.3. The highest BCUT2D eigenvalue weighted by molar-refractivity contribution is 5.58. The molecular formula is C16H17NO. The van der Waals surface area contributed by atoms with E-state index in [1.165, 1.54) is 5.56 Å². The Balaban J connectivity index is 1.82. The van der Waals surface area contributed by atoms with E-state index in [0.717, 1.165) is 18.4 Å². The van der Waals surface area contributed by atoms with Crippen LogP contribution in [0.1, 0.15) is 23.8 Å². The highest BCUT2D eigenvalue weighted by Gasteiger charge is 2.01. The Morgan fingerprint density at radius 1 is 0.944 bits per heavy atom. The van der Waals surface area contributed by atoms with Gasteiger partial charge in [0.05, 0.1) is 0 Å². The molecule has 0 bridgehead atoms. The van der Waals surface area contributed by atoms with Crippen molar-refractivity contribution in [1.82, 2.24) is 0 Å². The van der Waals surface area contributed by atoms with Crippen molar-refractivity contribution in [2.45, 2.75) is 19.1 Å². The minimum Gasteiger partial charge on any atom is -0.368 e. The molecule has 1 atom stereocenters. The molecule has 2 aromatic carbocycles. The summed E-state index contributed by atoms with van der Waals surface area (Å²) in [6.45, 7) is 0. The lowest BCUT2D eigenvalue weighted by molar-refractivity contribution is 0.189. The molecule has 0 aromatic heterocycles. The van der Waals surface area contributed by atoms with Crippen LogP contribution in [0.4, 0.5) is 0 Å². The number of nitrogens with zero attached hydrogens (tertiary/aromatic N) is 1. The molecule has 0 aliphatic rings. The van der Waals surface area contributed by atoms with Crippen molar-refractivity contribution < 1.29 is 5.11 Å². The number of aliphatic hydroxyl groups is 1. The molecule has 0 spiro atoms. The molecule has 18 heavy (non-hydrogen) atoms. The zero-order valence-corrected chi connectivity index (χ0v) is 10.2. The van der Waals surface area contributed by atoms with Crippen LogP contribution in [0, 0.1) is 0 Å². The van der Waals surface area contributed by atoms with Crippen molar-refractivity contribution >= 4 is 6.21 Å². The molecule has 0 heterocycles. The summed E-state index contributed by atoms with van der Waals surface area (Å²) in [5, 5.41) is 9.82. The van der Waals surface area contributed by atoms with E-state index in [1.54, 1.807) is 6.21 Å². The van der Waals surface area contributed by atoms with Gasteiger partial charge in [-0.2, -0.15) is 0 Å². The van der Waals surface area contributed by atoms with Gasteiger partial charge >= 0.3 is 0 Å². The average molecular weight is 239 g/mol. The fourth-order valence-electron chi connectivity index (χ4n) is 1.76. The average Bonchev–Trinajstić information content (AvgIpc) is 2.45. The first-order valence-corrected chi connectivity index (χ1v) is 6.15. The Kier molecular flexibility index (Phi) is 4.68. The van der Waals surface area contributed by atoms with Crippen LogP contribution in [-0.4, -0.2) is 11.3 Å². The first kappa shape index (κ1) is 12.5. The third-order valence-corrected chi connectivity index (χ3v) is 2.75. The molecule has 1 unspecified atom stereocenters. The fourth-order valence-corrected chi connectivity index (χ4v) is 1.76. The predicted octanol–water partition coefficient (Wildman–Crippen LogP) is 3.38. The zero-order chi connectivity index (χ0) is 12.6. The Bertz CT molecular complexity index is 479. The van der Waals surface area contributed by atoms with Gasteiger partial charge in [-0.25, -0.2) is 0 Å². The lowest BCUT2D eigenvalue weighted by Crippen LogP contribution is -1.94. The van der Waals surface area contributed by atoms with Gasteiger partial charge in [0.1, 0.15) is 0 Å². The van der Waals surface area contributed by atoms with Crippen LogP contribution < -0.4 is 0 Å². The Hall–Kier alpha value is -1.93. The fraction of sp³-hybridized carbons (Fsp3) is 0.188. The molecule has 2 heteroatoms. The van der Waals surface area contributed by atoms with Gasteiger partial charge in [0, 0.05) is 11.8 Å². The minimum atomic E-state index is -0.748. The number of hydrogen-bond acceptors (Lipinski definition) is 2. The van der Waals surface area contributed by atoms with Crippen molar-refractivity contribution in [3.63, 3.8) is 0 Å². The van der Waals surface area contributed by atoms with E-state index in [9.17, 15) is 5.11 Å². The Labute approximate surface area is 108 Å². The van der Waals surface area contributed by atoms with Crippen LogP contribution in [0.3, 0.4) is 0 Å². The molecule has 2 aromatic rings. The van der Waals surface area contributed by atoms with E-state index in [-0.39, 0.29) is 0 Å². The molecule has 1 N–H and O–H groups in total. The van der Waals surface area contributed by atoms with Gasteiger partial charge in [-0.05, 0) is 18.4 Å². The van der Waals surface area contributed by atoms with E-state index < -0.39 is 6.23 Å². The third kappa shape index (κ3) is 3.82. The van der Waals surface area contributed by atoms with Gasteiger partial charge in [0.2, 0.25) is 0 Å². The number of aryl methyl sites for hydroxylation is 1. The first-order valence-electron chi connectivity index (χ1n) is 6.15. The van der Waals surface area contributed by atoms with Crippen LogP contribution >= 0.6 is 0 Å². The monoisotopic (exact) mass is 239 g/mol. The summed E-state index contributed by atoms with van der Waals surface area (Å²) < 4.78 is 0. The second-order valence-electron chi connectivity index (χ2n) is 4.14. The second-order valence-corrected chi connectivity index (χ2v) is 4.14. The maximum absolute atomic E-state index is 9.82. The van der Waals surface area contributed by atoms with E-state index in [1.807, 2.05) is 48.5 Å². The molecular weight excluding hydrogens is 222 g/mol. The van der Waals surface area contributed by atoms with E-state index in [4.69, 9.17) is 0 Å². The smallest absolute Gasteiger partial charge is 0.170 e. The number of benzene rings is 2. The summed E-state index contributed by atoms with van der Waals surface area (Å²) in [6, 6.07) is 19.8. The van der Waals surface area contributed by atoms with E-state index in [0.29, 0.717) is 0 Å². The summed E-state index contributed by atoms with van der Waals surface area (Å²) in [7, 11) is 0. The van der Waals surface area contributed by atoms with Crippen molar-refractivity contribution in [3.8, 4) is 0 Å². The molecule has 2 rings (SSSR count). The van der Waals surface area contributed by atoms with Crippen molar-refractivity contribution in [3.05, 3.63) is 71.8 Å². The largest absolute Gasteiger partial charge is 0.368 e. The van der Waals surface area contributed by atoms with Gasteiger partial charge in [0.15, 0.2) is 6.23 Å². The number of hydrogen-bond donors (Lipinski definition) is 1. The summed E-state index contributed by atoms with van der Waals surface area (Å²) in [5.41, 5.74) is 2.12. The van der Waals surface area contributed by atoms with Gasteiger partial charge in [0.25, 0.3) is 0 Å². The van der Waals surface area contributed by atoms with E-state index >= 15 is 0 Å². The Morgan fingerprint density at radius 3 is 2.22 bits per heavy atom. The maximum Gasteiger partial charge on any atom is 0.170 e. The number of rotatable bonds is 5. The van der Waals surface area contributed by atoms with Crippen molar-refractivity contribution in [2.75, 3.05) is 0 Å². The predicted molar refractivity (Wildman–Crippen MR) is 74.7 cm³/mol. The molecule has 92 valence electrons. The minimum absolute atomic E-state index is 0.748. The lowest BCUT2D eigenvalue weighted by atomic mass is 10.1. The normalized spacial score (nSPS) is 12.7. The molecule has 0 fully saturated rings. The van der Waals surface area contributed by atoms with Crippen molar-refractivity contribution in [1.29, 1.82) is 0 Å². The lowest BCUT2D eigenvalue weighted by Gasteiger charge is -2.04. The Morgan fingerprint density at radius 2 is 1.56 bits per heavy atom. The third-order valence-electron chi connectivity index (χ3n) is 2.75. The van der Waals surface area contributed by atoms with Gasteiger partial charge in [-0.3, -0.25) is 4.99 Å². The highest BCUT2D eigenvalue weighted by Crippen LogP contribution is 2.12. The number of aliphatic hydroxyl groups excluding tert-OH is 1. The molecule has 0 radical (unpaired) electrons. The SMILES string of the molecule is OC(N=CCCc1ccccc1)c1ccccc1. The van der Waals surface area contributed by atoms with Crippen LogP contribution in [0.5, 0.6) is 0 Å². The standard InChI is InChI=1S/C16H17NO/c18-16(15-11-5-2-6-12-15)17-13-7-10-14-8-3-1-4-9-14/h1-6,8-9,11-13,16,18H,7,10H2. The van der Waals surface area contributed by atoms with E-state index in [2.05, 4.69) is 17.1 Å². The molecule has 0 saturated heterocycles.